The molecule has 0 N–H and O–H groups in total. The molecule has 8 heteroatoms. The van der Waals surface area contributed by atoms with Crippen LogP contribution in [0.4, 0.5) is 10.1 Å². The minimum absolute atomic E-state index is 0.140. The number of nitrogens with zero attached hydrogens (tertiary/aromatic N) is 1. The van der Waals surface area contributed by atoms with E-state index in [9.17, 15) is 17.6 Å². The van der Waals surface area contributed by atoms with Gasteiger partial charge < -0.3 is 4.74 Å². The van der Waals surface area contributed by atoms with Gasteiger partial charge in [0.25, 0.3) is 10.0 Å². The summed E-state index contributed by atoms with van der Waals surface area (Å²) in [6.45, 7) is 5.29. The highest BCUT2D eigenvalue weighted by molar-refractivity contribution is 7.92. The number of ether oxygens (including phenoxy) is 1. The lowest BCUT2D eigenvalue weighted by Gasteiger charge is -2.40. The molecule has 2 atom stereocenters. The number of carbonyl (C=O) groups excluding carboxylic acids is 1. The average Bonchev–Trinajstić information content (AvgIpc) is 2.83. The van der Waals surface area contributed by atoms with E-state index >= 15 is 0 Å². The second-order valence-corrected chi connectivity index (χ2v) is 11.2. The molecule has 0 bridgehead atoms. The minimum Gasteiger partial charge on any atom is -0.469 e. The molecule has 36 heavy (non-hydrogen) atoms. The summed E-state index contributed by atoms with van der Waals surface area (Å²) < 4.78 is 48.6. The van der Waals surface area contributed by atoms with Crippen LogP contribution < -0.4 is 4.31 Å². The van der Waals surface area contributed by atoms with Crippen molar-refractivity contribution in [3.63, 3.8) is 0 Å². The molecule has 5 nitrogen and oxygen atoms in total. The van der Waals surface area contributed by atoms with E-state index in [1.807, 2.05) is 19.1 Å². The first-order valence-electron chi connectivity index (χ1n) is 11.5. The number of anilines is 1. The fourth-order valence-electron chi connectivity index (χ4n) is 4.70. The van der Waals surface area contributed by atoms with Gasteiger partial charge in [0.05, 0.1) is 34.7 Å². The third-order valence-electron chi connectivity index (χ3n) is 6.53. The summed E-state index contributed by atoms with van der Waals surface area (Å²) in [4.78, 5) is 12.7. The Labute approximate surface area is 216 Å². The highest BCUT2D eigenvalue weighted by Gasteiger charge is 2.42. The van der Waals surface area contributed by atoms with Crippen molar-refractivity contribution in [3.05, 3.63) is 93.8 Å². The van der Waals surface area contributed by atoms with Crippen molar-refractivity contribution in [3.8, 4) is 0 Å². The fraction of sp³-hybridized carbons (Fsp3) is 0.250. The Morgan fingerprint density at radius 1 is 1.14 bits per heavy atom. The predicted molar refractivity (Wildman–Crippen MR) is 141 cm³/mol. The zero-order valence-electron chi connectivity index (χ0n) is 20.5. The normalized spacial score (nSPS) is 18.1. The zero-order valence-corrected chi connectivity index (χ0v) is 22.0. The monoisotopic (exact) mass is 527 g/mol. The third kappa shape index (κ3) is 4.77. The summed E-state index contributed by atoms with van der Waals surface area (Å²) in [5, 5.41) is 0.292. The quantitative estimate of drug-likeness (QED) is 0.289. The Kier molecular flexibility index (Phi) is 7.25. The number of halogens is 2. The van der Waals surface area contributed by atoms with E-state index < -0.39 is 33.8 Å². The van der Waals surface area contributed by atoms with Gasteiger partial charge in [-0.1, -0.05) is 48.0 Å². The molecule has 4 rings (SSSR count). The van der Waals surface area contributed by atoms with E-state index in [0.717, 1.165) is 5.56 Å². The Hall–Kier alpha value is -3.16. The molecule has 0 radical (unpaired) electrons. The number of rotatable bonds is 5. The van der Waals surface area contributed by atoms with Crippen LogP contribution in [0.1, 0.15) is 36.1 Å². The smallest absolute Gasteiger partial charge is 0.311 e. The highest BCUT2D eigenvalue weighted by atomic mass is 35.5. The fourth-order valence-corrected chi connectivity index (χ4v) is 6.84. The van der Waals surface area contributed by atoms with Crippen molar-refractivity contribution in [2.45, 2.75) is 38.1 Å². The maximum atomic E-state index is 14.5. The van der Waals surface area contributed by atoms with E-state index in [1.165, 1.54) is 17.5 Å². The minimum atomic E-state index is -4.01. The number of methoxy groups -OCH3 is 1. The van der Waals surface area contributed by atoms with E-state index in [0.29, 0.717) is 39.4 Å². The lowest BCUT2D eigenvalue weighted by molar-refractivity contribution is -0.146. The molecular weight excluding hydrogens is 501 g/mol. The van der Waals surface area contributed by atoms with Crippen molar-refractivity contribution in [1.82, 2.24) is 0 Å². The number of benzene rings is 3. The maximum Gasteiger partial charge on any atom is 0.311 e. The van der Waals surface area contributed by atoms with Crippen LogP contribution in [0.3, 0.4) is 0 Å². The molecular formula is C28H27ClFNO4S. The molecule has 0 unspecified atom stereocenters. The number of esters is 1. The third-order valence-corrected chi connectivity index (χ3v) is 8.74. The van der Waals surface area contributed by atoms with Crippen LogP contribution in [0, 0.1) is 18.7 Å². The van der Waals surface area contributed by atoms with Crippen LogP contribution in [0.5, 0.6) is 0 Å². The number of hydrogen-bond donors (Lipinski definition) is 0. The first-order valence-corrected chi connectivity index (χ1v) is 13.3. The Morgan fingerprint density at radius 3 is 2.53 bits per heavy atom. The number of hydrogen-bond acceptors (Lipinski definition) is 4. The SMILES string of the molecule is COC(=O)[C@@H]1Cc2ccc(/C=C(\C)c3c(F)cccc3Cl)cc2N(S(=O)(=O)c2cccc(C)c2)[C@@H]1C. The first kappa shape index (κ1) is 25.9. The van der Waals surface area contributed by atoms with E-state index in [2.05, 4.69) is 0 Å². The Morgan fingerprint density at radius 2 is 1.86 bits per heavy atom. The van der Waals surface area contributed by atoms with E-state index in [-0.39, 0.29) is 4.90 Å². The molecule has 3 aromatic rings. The lowest BCUT2D eigenvalue weighted by Crippen LogP contribution is -2.49. The van der Waals surface area contributed by atoms with Crippen LogP contribution >= 0.6 is 11.6 Å². The average molecular weight is 528 g/mol. The number of aryl methyl sites for hydroxylation is 1. The van der Waals surface area contributed by atoms with Crippen LogP contribution in [0.2, 0.25) is 5.02 Å². The molecule has 0 aromatic heterocycles. The molecule has 0 saturated heterocycles. The first-order chi connectivity index (χ1) is 17.0. The summed E-state index contributed by atoms with van der Waals surface area (Å²) in [6, 6.07) is 15.9. The molecule has 0 aliphatic carbocycles. The Bertz CT molecular complexity index is 1450. The van der Waals surface area contributed by atoms with Crippen molar-refractivity contribution < 1.29 is 22.3 Å². The van der Waals surface area contributed by atoms with E-state index in [1.54, 1.807) is 62.4 Å². The molecule has 0 spiro atoms. The lowest BCUT2D eigenvalue weighted by atomic mass is 9.87. The van der Waals surface area contributed by atoms with Gasteiger partial charge in [0.1, 0.15) is 5.82 Å². The molecule has 1 heterocycles. The number of carbonyl (C=O) groups is 1. The number of sulfonamides is 1. The van der Waals surface area contributed by atoms with Gasteiger partial charge in [-0.05, 0) is 79.8 Å². The highest BCUT2D eigenvalue weighted by Crippen LogP contribution is 2.40. The molecule has 3 aromatic carbocycles. The second kappa shape index (κ2) is 10.1. The van der Waals surface area contributed by atoms with Gasteiger partial charge in [0.2, 0.25) is 0 Å². The molecule has 188 valence electrons. The zero-order chi connectivity index (χ0) is 26.2. The molecule has 0 saturated carbocycles. The molecule has 0 amide bonds. The van der Waals surface area contributed by atoms with Gasteiger partial charge >= 0.3 is 5.97 Å². The number of allylic oxidation sites excluding steroid dienone is 1. The van der Waals surface area contributed by atoms with Crippen molar-refractivity contribution in [2.75, 3.05) is 11.4 Å². The summed E-state index contributed by atoms with van der Waals surface area (Å²) in [7, 11) is -2.71. The van der Waals surface area contributed by atoms with Gasteiger partial charge in [0.15, 0.2) is 0 Å². The molecule has 1 aliphatic heterocycles. The molecule has 0 fully saturated rings. The van der Waals surface area contributed by atoms with Crippen molar-refractivity contribution >= 4 is 44.9 Å². The molecule has 1 aliphatic rings. The van der Waals surface area contributed by atoms with Crippen LogP contribution in [0.15, 0.2) is 65.6 Å². The second-order valence-electron chi connectivity index (χ2n) is 9.00. The topological polar surface area (TPSA) is 63.7 Å². The summed E-state index contributed by atoms with van der Waals surface area (Å²) in [5.41, 5.74) is 3.56. The van der Waals surface area contributed by atoms with Gasteiger partial charge in [-0.2, -0.15) is 0 Å². The van der Waals surface area contributed by atoms with Crippen LogP contribution in [-0.2, 0) is 26.0 Å². The van der Waals surface area contributed by atoms with E-state index in [4.69, 9.17) is 16.3 Å². The summed E-state index contributed by atoms with van der Waals surface area (Å²) in [6.07, 6.45) is 2.10. The predicted octanol–water partition coefficient (Wildman–Crippen LogP) is 6.28. The summed E-state index contributed by atoms with van der Waals surface area (Å²) >= 11 is 6.24. The maximum absolute atomic E-state index is 14.5. The Balaban J connectivity index is 1.87. The number of fused-ring (bicyclic) bond motifs is 1. The van der Waals surface area contributed by atoms with Gasteiger partial charge in [-0.25, -0.2) is 12.8 Å². The van der Waals surface area contributed by atoms with Crippen LogP contribution in [-0.4, -0.2) is 27.5 Å². The largest absolute Gasteiger partial charge is 0.469 e. The van der Waals surface area contributed by atoms with Gasteiger partial charge in [0, 0.05) is 5.56 Å². The standard InChI is InChI=1S/C28H27ClFNO4S/c1-17-7-5-8-22(13-17)36(33,34)31-19(3)23(28(32)35-4)16-21-12-11-20(15-26(21)31)14-18(2)27-24(29)9-6-10-25(27)30/h5-15,19,23H,16H2,1-4H3/b18-14+/t19-,23-/m1/s1. The van der Waals surface area contributed by atoms with Crippen LogP contribution in [0.25, 0.3) is 11.6 Å². The summed E-state index contributed by atoms with van der Waals surface area (Å²) in [5.74, 6) is -1.57. The van der Waals surface area contributed by atoms with Gasteiger partial charge in [-0.15, -0.1) is 0 Å². The van der Waals surface area contributed by atoms with Crippen molar-refractivity contribution in [1.29, 1.82) is 0 Å². The van der Waals surface area contributed by atoms with Gasteiger partial charge in [-0.3, -0.25) is 9.10 Å². The van der Waals surface area contributed by atoms with Crippen molar-refractivity contribution in [2.24, 2.45) is 5.92 Å².